The van der Waals surface area contributed by atoms with Crippen molar-refractivity contribution in [2.24, 2.45) is 7.05 Å². The molecule has 0 spiro atoms. The highest BCUT2D eigenvalue weighted by Crippen LogP contribution is 2.13. The van der Waals surface area contributed by atoms with Crippen molar-refractivity contribution in [3.63, 3.8) is 0 Å². The zero-order chi connectivity index (χ0) is 14.0. The first-order valence-corrected chi connectivity index (χ1v) is 6.44. The Morgan fingerprint density at radius 2 is 1.95 bits per heavy atom. The van der Waals surface area contributed by atoms with Gasteiger partial charge in [0, 0.05) is 31.4 Å². The van der Waals surface area contributed by atoms with Gasteiger partial charge in [0.2, 0.25) is 0 Å². The van der Waals surface area contributed by atoms with Gasteiger partial charge in [0.25, 0.3) is 0 Å². The van der Waals surface area contributed by atoms with Gasteiger partial charge in [-0.15, -0.1) is 0 Å². The summed E-state index contributed by atoms with van der Waals surface area (Å²) in [5.74, 6) is -0.180. The van der Waals surface area contributed by atoms with Gasteiger partial charge in [-0.05, 0) is 44.0 Å². The topological polar surface area (TPSA) is 29.9 Å². The molecule has 0 amide bonds. The zero-order valence-electron chi connectivity index (χ0n) is 11.9. The van der Waals surface area contributed by atoms with Crippen LogP contribution in [0.25, 0.3) is 0 Å². The first-order valence-electron chi connectivity index (χ1n) is 6.44. The Bertz CT molecular complexity index is 587. The van der Waals surface area contributed by atoms with Gasteiger partial charge in [0.05, 0.1) is 5.69 Å². The Balaban J connectivity index is 2.00. The SMILES string of the molecule is Cc1cc(F)ccc1CNCc1c(C)nn(C)c1C. The fourth-order valence-corrected chi connectivity index (χ4v) is 2.25. The monoisotopic (exact) mass is 261 g/mol. The lowest BCUT2D eigenvalue weighted by molar-refractivity contribution is 0.622. The van der Waals surface area contributed by atoms with Gasteiger partial charge < -0.3 is 5.32 Å². The van der Waals surface area contributed by atoms with E-state index in [9.17, 15) is 4.39 Å². The summed E-state index contributed by atoms with van der Waals surface area (Å²) < 4.78 is 14.9. The van der Waals surface area contributed by atoms with Crippen molar-refractivity contribution in [3.05, 3.63) is 52.1 Å². The van der Waals surface area contributed by atoms with Crippen molar-refractivity contribution in [1.29, 1.82) is 0 Å². The molecule has 0 aliphatic heterocycles. The second-order valence-corrected chi connectivity index (χ2v) is 4.95. The number of rotatable bonds is 4. The fraction of sp³-hybridized carbons (Fsp3) is 0.400. The summed E-state index contributed by atoms with van der Waals surface area (Å²) in [6.07, 6.45) is 0. The normalized spacial score (nSPS) is 11.0. The maximum absolute atomic E-state index is 13.0. The Morgan fingerprint density at radius 1 is 1.21 bits per heavy atom. The molecule has 102 valence electrons. The molecule has 0 fully saturated rings. The van der Waals surface area contributed by atoms with Crippen LogP contribution in [0.1, 0.15) is 28.1 Å². The highest BCUT2D eigenvalue weighted by atomic mass is 19.1. The van der Waals surface area contributed by atoms with E-state index in [1.165, 1.54) is 17.3 Å². The van der Waals surface area contributed by atoms with Crippen LogP contribution in [0.2, 0.25) is 0 Å². The molecule has 0 radical (unpaired) electrons. The molecule has 3 nitrogen and oxygen atoms in total. The third-order valence-electron chi connectivity index (χ3n) is 3.58. The molecular weight excluding hydrogens is 241 g/mol. The number of hydrogen-bond acceptors (Lipinski definition) is 2. The molecule has 0 saturated heterocycles. The van der Waals surface area contributed by atoms with Crippen LogP contribution in [-0.2, 0) is 20.1 Å². The van der Waals surface area contributed by atoms with Crippen molar-refractivity contribution in [1.82, 2.24) is 15.1 Å². The maximum Gasteiger partial charge on any atom is 0.123 e. The van der Waals surface area contributed by atoms with E-state index in [0.29, 0.717) is 0 Å². The molecule has 0 aliphatic carbocycles. The third kappa shape index (κ3) is 3.01. The Morgan fingerprint density at radius 3 is 2.53 bits per heavy atom. The van der Waals surface area contributed by atoms with Crippen LogP contribution in [0.15, 0.2) is 18.2 Å². The summed E-state index contributed by atoms with van der Waals surface area (Å²) in [6.45, 7) is 7.54. The number of hydrogen-bond donors (Lipinski definition) is 1. The van der Waals surface area contributed by atoms with E-state index in [0.717, 1.165) is 29.9 Å². The van der Waals surface area contributed by atoms with E-state index in [4.69, 9.17) is 0 Å². The minimum absolute atomic E-state index is 0.180. The quantitative estimate of drug-likeness (QED) is 0.917. The third-order valence-corrected chi connectivity index (χ3v) is 3.58. The number of benzene rings is 1. The van der Waals surface area contributed by atoms with Crippen molar-refractivity contribution in [2.75, 3.05) is 0 Å². The van der Waals surface area contributed by atoms with Crippen LogP contribution in [0.5, 0.6) is 0 Å². The van der Waals surface area contributed by atoms with Gasteiger partial charge >= 0.3 is 0 Å². The summed E-state index contributed by atoms with van der Waals surface area (Å²) in [7, 11) is 1.95. The molecule has 0 saturated carbocycles. The highest BCUT2D eigenvalue weighted by molar-refractivity contribution is 5.27. The number of halogens is 1. The minimum atomic E-state index is -0.180. The van der Waals surface area contributed by atoms with Gasteiger partial charge in [-0.2, -0.15) is 5.10 Å². The average Bonchev–Trinajstić information content (AvgIpc) is 2.58. The van der Waals surface area contributed by atoms with E-state index in [-0.39, 0.29) is 5.82 Å². The van der Waals surface area contributed by atoms with Crippen LogP contribution in [-0.4, -0.2) is 9.78 Å². The standard InChI is InChI=1S/C15H20FN3/c1-10-7-14(16)6-5-13(10)8-17-9-15-11(2)18-19(4)12(15)3/h5-7,17H,8-9H2,1-4H3. The first-order chi connectivity index (χ1) is 8.99. The first kappa shape index (κ1) is 13.7. The lowest BCUT2D eigenvalue weighted by Crippen LogP contribution is -2.14. The van der Waals surface area contributed by atoms with Gasteiger partial charge in [-0.1, -0.05) is 6.07 Å². The molecule has 2 aromatic rings. The summed E-state index contributed by atoms with van der Waals surface area (Å²) in [4.78, 5) is 0. The van der Waals surface area contributed by atoms with Crippen molar-refractivity contribution >= 4 is 0 Å². The van der Waals surface area contributed by atoms with E-state index >= 15 is 0 Å². The van der Waals surface area contributed by atoms with E-state index < -0.39 is 0 Å². The van der Waals surface area contributed by atoms with Crippen molar-refractivity contribution in [2.45, 2.75) is 33.9 Å². The summed E-state index contributed by atoms with van der Waals surface area (Å²) in [5.41, 5.74) is 5.58. The lowest BCUT2D eigenvalue weighted by atomic mass is 10.1. The van der Waals surface area contributed by atoms with Crippen molar-refractivity contribution in [3.8, 4) is 0 Å². The molecule has 2 rings (SSSR count). The lowest BCUT2D eigenvalue weighted by Gasteiger charge is -2.08. The van der Waals surface area contributed by atoms with Crippen LogP contribution >= 0.6 is 0 Å². The molecule has 4 heteroatoms. The van der Waals surface area contributed by atoms with Crippen LogP contribution in [0.4, 0.5) is 4.39 Å². The van der Waals surface area contributed by atoms with Gasteiger partial charge in [-0.25, -0.2) is 4.39 Å². The van der Waals surface area contributed by atoms with Gasteiger partial charge in [0.15, 0.2) is 0 Å². The molecule has 0 atom stereocenters. The summed E-state index contributed by atoms with van der Waals surface area (Å²) >= 11 is 0. The second kappa shape index (κ2) is 5.53. The largest absolute Gasteiger partial charge is 0.308 e. The molecule has 1 N–H and O–H groups in total. The maximum atomic E-state index is 13.0. The molecule has 0 unspecified atom stereocenters. The predicted molar refractivity (Wildman–Crippen MR) is 74.4 cm³/mol. The number of aryl methyl sites for hydroxylation is 3. The Labute approximate surface area is 113 Å². The Kier molecular flexibility index (Phi) is 4.00. The number of nitrogens with one attached hydrogen (secondary N) is 1. The Hall–Kier alpha value is -1.68. The molecule has 19 heavy (non-hydrogen) atoms. The van der Waals surface area contributed by atoms with E-state index in [1.807, 2.05) is 31.6 Å². The molecule has 1 heterocycles. The number of nitrogens with zero attached hydrogens (tertiary/aromatic N) is 2. The van der Waals surface area contributed by atoms with Gasteiger partial charge in [0.1, 0.15) is 5.82 Å². The molecule has 0 bridgehead atoms. The van der Waals surface area contributed by atoms with Gasteiger partial charge in [-0.3, -0.25) is 4.68 Å². The minimum Gasteiger partial charge on any atom is -0.308 e. The predicted octanol–water partition coefficient (Wildman–Crippen LogP) is 2.77. The van der Waals surface area contributed by atoms with Crippen LogP contribution in [0, 0.1) is 26.6 Å². The zero-order valence-corrected chi connectivity index (χ0v) is 11.9. The molecular formula is C15H20FN3. The van der Waals surface area contributed by atoms with E-state index in [2.05, 4.69) is 17.3 Å². The summed E-state index contributed by atoms with van der Waals surface area (Å²) in [6, 6.07) is 4.91. The average molecular weight is 261 g/mol. The second-order valence-electron chi connectivity index (χ2n) is 4.95. The van der Waals surface area contributed by atoms with Crippen molar-refractivity contribution < 1.29 is 4.39 Å². The smallest absolute Gasteiger partial charge is 0.123 e. The molecule has 1 aromatic heterocycles. The van der Waals surface area contributed by atoms with Crippen LogP contribution < -0.4 is 5.32 Å². The van der Waals surface area contributed by atoms with E-state index in [1.54, 1.807) is 6.07 Å². The highest BCUT2D eigenvalue weighted by Gasteiger charge is 2.08. The fourth-order valence-electron chi connectivity index (χ4n) is 2.25. The molecule has 0 aliphatic rings. The summed E-state index contributed by atoms with van der Waals surface area (Å²) in [5, 5.41) is 7.79. The number of aromatic nitrogens is 2. The molecule has 1 aromatic carbocycles. The van der Waals surface area contributed by atoms with Crippen LogP contribution in [0.3, 0.4) is 0 Å².